The molecule has 0 aromatic heterocycles. The van der Waals surface area contributed by atoms with Gasteiger partial charge in [0.2, 0.25) is 9.05 Å². The smallest absolute Gasteiger partial charge is 0.232 e. The summed E-state index contributed by atoms with van der Waals surface area (Å²) in [5.74, 6) is 0.645. The van der Waals surface area contributed by atoms with Crippen molar-refractivity contribution in [2.24, 2.45) is 5.92 Å². The zero-order valence-electron chi connectivity index (χ0n) is 9.69. The summed E-state index contributed by atoms with van der Waals surface area (Å²) in [7, 11) is 3.82. The number of hydrogen-bond acceptors (Lipinski definition) is 4. The van der Waals surface area contributed by atoms with E-state index in [0.29, 0.717) is 12.3 Å². The molecule has 1 saturated heterocycles. The van der Waals surface area contributed by atoms with E-state index in [4.69, 9.17) is 15.4 Å². The Balaban J connectivity index is 2.12. The van der Waals surface area contributed by atoms with Crippen LogP contribution in [0.4, 0.5) is 0 Å². The molecule has 4 nitrogen and oxygen atoms in total. The highest BCUT2D eigenvalue weighted by molar-refractivity contribution is 8.13. The molecule has 0 saturated carbocycles. The van der Waals surface area contributed by atoms with Crippen molar-refractivity contribution in [3.63, 3.8) is 0 Å². The summed E-state index contributed by atoms with van der Waals surface area (Å²) in [6.07, 6.45) is 2.93. The highest BCUT2D eigenvalue weighted by Crippen LogP contribution is 2.14. The molecule has 6 heteroatoms. The van der Waals surface area contributed by atoms with Gasteiger partial charge in [-0.1, -0.05) is 0 Å². The molecule has 0 aromatic rings. The molecule has 1 rings (SSSR count). The van der Waals surface area contributed by atoms with E-state index in [-0.39, 0.29) is 5.75 Å². The summed E-state index contributed by atoms with van der Waals surface area (Å²) < 4.78 is 26.9. The first-order valence-electron chi connectivity index (χ1n) is 5.66. The molecule has 1 aliphatic heterocycles. The van der Waals surface area contributed by atoms with Gasteiger partial charge in [0.25, 0.3) is 0 Å². The van der Waals surface area contributed by atoms with Gasteiger partial charge in [0, 0.05) is 23.8 Å². The topological polar surface area (TPSA) is 46.6 Å². The lowest BCUT2D eigenvalue weighted by atomic mass is 10.0. The van der Waals surface area contributed by atoms with Crippen LogP contribution in [0.15, 0.2) is 0 Å². The van der Waals surface area contributed by atoms with E-state index >= 15 is 0 Å². The minimum Gasteiger partial charge on any atom is -0.381 e. The van der Waals surface area contributed by atoms with Crippen LogP contribution < -0.4 is 0 Å². The van der Waals surface area contributed by atoms with Gasteiger partial charge in [0.1, 0.15) is 0 Å². The van der Waals surface area contributed by atoms with Crippen LogP contribution in [0.5, 0.6) is 0 Å². The van der Waals surface area contributed by atoms with Crippen LogP contribution in [0, 0.1) is 5.92 Å². The fourth-order valence-electron chi connectivity index (χ4n) is 1.99. The Bertz CT molecular complexity index is 288. The molecule has 0 aromatic carbocycles. The molecule has 0 spiro atoms. The number of halogens is 1. The summed E-state index contributed by atoms with van der Waals surface area (Å²) in [6.45, 7) is 3.45. The summed E-state index contributed by atoms with van der Waals surface area (Å²) in [5, 5.41) is 0. The van der Waals surface area contributed by atoms with E-state index in [0.717, 1.165) is 32.7 Å². The van der Waals surface area contributed by atoms with Gasteiger partial charge in [0.05, 0.1) is 12.4 Å². The van der Waals surface area contributed by atoms with E-state index in [9.17, 15) is 8.42 Å². The monoisotopic (exact) mass is 269 g/mol. The maximum absolute atomic E-state index is 10.7. The first kappa shape index (κ1) is 14.2. The predicted octanol–water partition coefficient (Wildman–Crippen LogP) is 1.30. The van der Waals surface area contributed by atoms with Crippen molar-refractivity contribution in [1.29, 1.82) is 0 Å². The molecule has 0 bridgehead atoms. The zero-order chi connectivity index (χ0) is 12.0. The lowest BCUT2D eigenvalue weighted by Gasteiger charge is -2.26. The molecule has 0 amide bonds. The van der Waals surface area contributed by atoms with E-state index in [2.05, 4.69) is 4.90 Å². The van der Waals surface area contributed by atoms with Crippen LogP contribution >= 0.6 is 10.7 Å². The van der Waals surface area contributed by atoms with Crippen LogP contribution in [0.3, 0.4) is 0 Å². The van der Waals surface area contributed by atoms with Crippen molar-refractivity contribution in [2.45, 2.75) is 19.3 Å². The Kier molecular flexibility index (Phi) is 6.03. The lowest BCUT2D eigenvalue weighted by molar-refractivity contribution is 0.0421. The van der Waals surface area contributed by atoms with Gasteiger partial charge < -0.3 is 9.64 Å². The minimum atomic E-state index is -3.33. The molecule has 96 valence electrons. The second-order valence-electron chi connectivity index (χ2n) is 4.44. The third-order valence-corrected chi connectivity index (χ3v) is 3.99. The van der Waals surface area contributed by atoms with Crippen molar-refractivity contribution in [3.8, 4) is 0 Å². The fraction of sp³-hybridized carbons (Fsp3) is 1.00. The molecule has 16 heavy (non-hydrogen) atoms. The minimum absolute atomic E-state index is 0.0556. The molecule has 1 heterocycles. The molecule has 1 aliphatic rings. The van der Waals surface area contributed by atoms with Crippen molar-refractivity contribution in [2.75, 3.05) is 39.1 Å². The first-order chi connectivity index (χ1) is 7.47. The molecular formula is C10H20ClNO3S. The molecule has 0 aliphatic carbocycles. The quantitative estimate of drug-likeness (QED) is 0.682. The van der Waals surface area contributed by atoms with Gasteiger partial charge in [-0.2, -0.15) is 0 Å². The number of nitrogens with zero attached hydrogens (tertiary/aromatic N) is 1. The Morgan fingerprint density at radius 3 is 2.81 bits per heavy atom. The number of ether oxygens (including phenoxy) is 1. The van der Waals surface area contributed by atoms with Crippen LogP contribution in [0.1, 0.15) is 19.3 Å². The Morgan fingerprint density at radius 1 is 1.50 bits per heavy atom. The van der Waals surface area contributed by atoms with E-state index in [1.54, 1.807) is 0 Å². The van der Waals surface area contributed by atoms with E-state index in [1.165, 1.54) is 6.42 Å². The normalized spacial score (nSPS) is 22.6. The van der Waals surface area contributed by atoms with Gasteiger partial charge in [-0.3, -0.25) is 0 Å². The van der Waals surface area contributed by atoms with Crippen LogP contribution in [0.2, 0.25) is 0 Å². The van der Waals surface area contributed by atoms with Gasteiger partial charge >= 0.3 is 0 Å². The SMILES string of the molecule is CN(CCCS(=O)(=O)Cl)CC1CCCOC1. The number of hydrogen-bond donors (Lipinski definition) is 0. The van der Waals surface area contributed by atoms with Crippen molar-refractivity contribution in [3.05, 3.63) is 0 Å². The molecule has 0 N–H and O–H groups in total. The maximum Gasteiger partial charge on any atom is 0.232 e. The second kappa shape index (κ2) is 6.79. The van der Waals surface area contributed by atoms with Gasteiger partial charge in [-0.05, 0) is 38.8 Å². The van der Waals surface area contributed by atoms with Crippen LogP contribution in [-0.2, 0) is 13.8 Å². The molecule has 1 unspecified atom stereocenters. The Labute approximate surface area is 102 Å². The lowest BCUT2D eigenvalue weighted by Crippen LogP contribution is -2.32. The highest BCUT2D eigenvalue weighted by atomic mass is 35.7. The van der Waals surface area contributed by atoms with Gasteiger partial charge in [-0.15, -0.1) is 0 Å². The van der Waals surface area contributed by atoms with Crippen LogP contribution in [-0.4, -0.2) is 52.4 Å². The second-order valence-corrected chi connectivity index (χ2v) is 7.34. The zero-order valence-corrected chi connectivity index (χ0v) is 11.3. The third kappa shape index (κ3) is 6.68. The van der Waals surface area contributed by atoms with Gasteiger partial charge in [-0.25, -0.2) is 8.42 Å². The molecule has 1 fully saturated rings. The maximum atomic E-state index is 10.7. The van der Waals surface area contributed by atoms with Crippen molar-refractivity contribution < 1.29 is 13.2 Å². The van der Waals surface area contributed by atoms with Crippen LogP contribution in [0.25, 0.3) is 0 Å². The third-order valence-electron chi connectivity index (χ3n) is 2.75. The summed E-state index contributed by atoms with van der Waals surface area (Å²) in [4.78, 5) is 2.15. The van der Waals surface area contributed by atoms with E-state index in [1.807, 2.05) is 7.05 Å². The number of rotatable bonds is 6. The average Bonchev–Trinajstić information content (AvgIpc) is 2.17. The molecule has 1 atom stereocenters. The fourth-order valence-corrected chi connectivity index (χ4v) is 2.79. The first-order valence-corrected chi connectivity index (χ1v) is 8.14. The van der Waals surface area contributed by atoms with Crippen molar-refractivity contribution >= 4 is 19.7 Å². The molecule has 0 radical (unpaired) electrons. The standard InChI is InChI=1S/C10H20ClNO3S/c1-12(5-3-7-16(11,13)14)8-10-4-2-6-15-9-10/h10H,2-9H2,1H3. The summed E-state index contributed by atoms with van der Waals surface area (Å²) >= 11 is 0. The average molecular weight is 270 g/mol. The highest BCUT2D eigenvalue weighted by Gasteiger charge is 2.16. The molecular weight excluding hydrogens is 250 g/mol. The summed E-state index contributed by atoms with van der Waals surface area (Å²) in [6, 6.07) is 0. The largest absolute Gasteiger partial charge is 0.381 e. The van der Waals surface area contributed by atoms with E-state index < -0.39 is 9.05 Å². The predicted molar refractivity (Wildman–Crippen MR) is 65.3 cm³/mol. The van der Waals surface area contributed by atoms with Crippen molar-refractivity contribution in [1.82, 2.24) is 4.90 Å². The summed E-state index contributed by atoms with van der Waals surface area (Å²) in [5.41, 5.74) is 0. The van der Waals surface area contributed by atoms with Gasteiger partial charge in [0.15, 0.2) is 0 Å². The Hall–Kier alpha value is 0.160. The Morgan fingerprint density at radius 2 is 2.25 bits per heavy atom.